The quantitative estimate of drug-likeness (QED) is 0.641. The van der Waals surface area contributed by atoms with E-state index in [1.807, 2.05) is 12.1 Å². The minimum Gasteiger partial charge on any atom is -0.295 e. The first-order valence-electron chi connectivity index (χ1n) is 7.57. The van der Waals surface area contributed by atoms with Crippen LogP contribution in [0.2, 0.25) is 0 Å². The molecule has 0 radical (unpaired) electrons. The summed E-state index contributed by atoms with van der Waals surface area (Å²) in [7, 11) is 2.11. The summed E-state index contributed by atoms with van der Waals surface area (Å²) in [4.78, 5) is 2.29. The summed E-state index contributed by atoms with van der Waals surface area (Å²) in [5.74, 6) is -0.187. The maximum atomic E-state index is 13.0. The minimum absolute atomic E-state index is 0.187. The van der Waals surface area contributed by atoms with Crippen molar-refractivity contribution in [3.8, 4) is 0 Å². The molecule has 1 atom stereocenters. The number of nitrogens with zero attached hydrogens (tertiary/aromatic N) is 1. The SMILES string of the molecule is C[C@H](c1cccc2ccccc12)N(C)Cc1ccc(F)cc1. The summed E-state index contributed by atoms with van der Waals surface area (Å²) >= 11 is 0. The van der Waals surface area contributed by atoms with E-state index in [0.717, 1.165) is 12.1 Å². The van der Waals surface area contributed by atoms with Crippen LogP contribution < -0.4 is 0 Å². The molecule has 3 aromatic rings. The van der Waals surface area contributed by atoms with E-state index in [4.69, 9.17) is 0 Å². The molecule has 0 aliphatic rings. The maximum Gasteiger partial charge on any atom is 0.123 e. The standard InChI is InChI=1S/C20H20FN/c1-15(22(2)14-16-10-12-18(21)13-11-16)19-9-5-7-17-6-3-4-8-20(17)19/h3-13,15H,14H2,1-2H3/t15-/m1/s1. The van der Waals surface area contributed by atoms with Gasteiger partial charge >= 0.3 is 0 Å². The smallest absolute Gasteiger partial charge is 0.123 e. The van der Waals surface area contributed by atoms with E-state index in [1.54, 1.807) is 0 Å². The molecule has 0 amide bonds. The maximum absolute atomic E-state index is 13.0. The monoisotopic (exact) mass is 293 g/mol. The first-order chi connectivity index (χ1) is 10.6. The lowest BCUT2D eigenvalue weighted by Gasteiger charge is -2.26. The Hall–Kier alpha value is -2.19. The first-order valence-corrected chi connectivity index (χ1v) is 7.57. The van der Waals surface area contributed by atoms with Crippen LogP contribution >= 0.6 is 0 Å². The Bertz CT molecular complexity index is 759. The lowest BCUT2D eigenvalue weighted by atomic mass is 9.98. The van der Waals surface area contributed by atoms with E-state index in [0.29, 0.717) is 0 Å². The van der Waals surface area contributed by atoms with Gasteiger partial charge in [-0.25, -0.2) is 4.39 Å². The van der Waals surface area contributed by atoms with Crippen molar-refractivity contribution in [2.45, 2.75) is 19.5 Å². The molecule has 0 spiro atoms. The molecule has 0 aliphatic carbocycles. The molecule has 0 heterocycles. The van der Waals surface area contributed by atoms with Crippen LogP contribution in [0.25, 0.3) is 10.8 Å². The van der Waals surface area contributed by atoms with Crippen molar-refractivity contribution < 1.29 is 4.39 Å². The average molecular weight is 293 g/mol. The number of rotatable bonds is 4. The normalized spacial score (nSPS) is 12.7. The summed E-state index contributed by atoms with van der Waals surface area (Å²) in [5, 5.41) is 2.56. The van der Waals surface area contributed by atoms with Crippen LogP contribution in [0.15, 0.2) is 66.7 Å². The molecular weight excluding hydrogens is 273 g/mol. The zero-order valence-corrected chi connectivity index (χ0v) is 13.0. The number of hydrogen-bond acceptors (Lipinski definition) is 1. The number of halogens is 1. The van der Waals surface area contributed by atoms with Crippen molar-refractivity contribution in [1.29, 1.82) is 0 Å². The molecule has 1 nitrogen and oxygen atoms in total. The van der Waals surface area contributed by atoms with Crippen molar-refractivity contribution in [3.63, 3.8) is 0 Å². The highest BCUT2D eigenvalue weighted by Crippen LogP contribution is 2.28. The lowest BCUT2D eigenvalue weighted by Crippen LogP contribution is -2.22. The van der Waals surface area contributed by atoms with E-state index in [1.165, 1.54) is 28.5 Å². The van der Waals surface area contributed by atoms with E-state index in [2.05, 4.69) is 61.3 Å². The van der Waals surface area contributed by atoms with Crippen molar-refractivity contribution in [2.24, 2.45) is 0 Å². The molecule has 0 fully saturated rings. The van der Waals surface area contributed by atoms with Gasteiger partial charge in [-0.15, -0.1) is 0 Å². The van der Waals surface area contributed by atoms with Gasteiger partial charge in [0.1, 0.15) is 5.82 Å². The van der Waals surface area contributed by atoms with Crippen LogP contribution in [0.5, 0.6) is 0 Å². The van der Waals surface area contributed by atoms with Crippen molar-refractivity contribution in [3.05, 3.63) is 83.7 Å². The number of hydrogen-bond donors (Lipinski definition) is 0. The van der Waals surface area contributed by atoms with Gasteiger partial charge in [-0.3, -0.25) is 4.90 Å². The Morgan fingerprint density at radius 1 is 0.909 bits per heavy atom. The van der Waals surface area contributed by atoms with Gasteiger partial charge in [0.15, 0.2) is 0 Å². The molecule has 22 heavy (non-hydrogen) atoms. The zero-order chi connectivity index (χ0) is 15.5. The van der Waals surface area contributed by atoms with E-state index >= 15 is 0 Å². The number of fused-ring (bicyclic) bond motifs is 1. The van der Waals surface area contributed by atoms with Gasteiger partial charge in [-0.2, -0.15) is 0 Å². The van der Waals surface area contributed by atoms with Crippen LogP contribution in [-0.4, -0.2) is 11.9 Å². The summed E-state index contributed by atoms with van der Waals surface area (Å²) in [6.07, 6.45) is 0. The topological polar surface area (TPSA) is 3.24 Å². The lowest BCUT2D eigenvalue weighted by molar-refractivity contribution is 0.254. The predicted molar refractivity (Wildman–Crippen MR) is 90.2 cm³/mol. The molecular formula is C20H20FN. The summed E-state index contributed by atoms with van der Waals surface area (Å²) in [6.45, 7) is 3.01. The second-order valence-corrected chi connectivity index (χ2v) is 5.79. The zero-order valence-electron chi connectivity index (χ0n) is 13.0. The minimum atomic E-state index is -0.187. The van der Waals surface area contributed by atoms with Crippen molar-refractivity contribution >= 4 is 10.8 Å². The second kappa shape index (κ2) is 6.29. The fourth-order valence-corrected chi connectivity index (χ4v) is 2.87. The molecule has 3 aromatic carbocycles. The van der Waals surface area contributed by atoms with Gasteiger partial charge in [0.2, 0.25) is 0 Å². The van der Waals surface area contributed by atoms with Crippen LogP contribution in [0.4, 0.5) is 4.39 Å². The molecule has 0 N–H and O–H groups in total. The van der Waals surface area contributed by atoms with Crippen molar-refractivity contribution in [2.75, 3.05) is 7.05 Å². The molecule has 2 heteroatoms. The molecule has 0 unspecified atom stereocenters. The number of benzene rings is 3. The van der Waals surface area contributed by atoms with Gasteiger partial charge in [0.25, 0.3) is 0 Å². The molecule has 0 aliphatic heterocycles. The Balaban J connectivity index is 1.85. The highest BCUT2D eigenvalue weighted by atomic mass is 19.1. The van der Waals surface area contributed by atoms with E-state index in [9.17, 15) is 4.39 Å². The van der Waals surface area contributed by atoms with Crippen LogP contribution in [-0.2, 0) is 6.54 Å². The predicted octanol–water partition coefficient (Wildman–Crippen LogP) is 5.17. The third kappa shape index (κ3) is 3.02. The largest absolute Gasteiger partial charge is 0.295 e. The van der Waals surface area contributed by atoms with Crippen molar-refractivity contribution in [1.82, 2.24) is 4.90 Å². The fraction of sp³-hybridized carbons (Fsp3) is 0.200. The van der Waals surface area contributed by atoms with Gasteiger partial charge < -0.3 is 0 Å². The first kappa shape index (κ1) is 14.7. The average Bonchev–Trinajstić information content (AvgIpc) is 2.55. The molecule has 0 bridgehead atoms. The highest BCUT2D eigenvalue weighted by molar-refractivity contribution is 5.86. The fourth-order valence-electron chi connectivity index (χ4n) is 2.87. The van der Waals surface area contributed by atoms with Crippen LogP contribution in [0.3, 0.4) is 0 Å². The highest BCUT2D eigenvalue weighted by Gasteiger charge is 2.14. The van der Waals surface area contributed by atoms with Gasteiger partial charge in [0.05, 0.1) is 0 Å². The van der Waals surface area contributed by atoms with Crippen LogP contribution in [0.1, 0.15) is 24.1 Å². The molecule has 0 aromatic heterocycles. The van der Waals surface area contributed by atoms with E-state index < -0.39 is 0 Å². The summed E-state index contributed by atoms with van der Waals surface area (Å²) < 4.78 is 13.0. The Labute approximate surface area is 131 Å². The third-order valence-electron chi connectivity index (χ3n) is 4.28. The van der Waals surface area contributed by atoms with Crippen LogP contribution in [0, 0.1) is 5.82 Å². The third-order valence-corrected chi connectivity index (χ3v) is 4.28. The van der Waals surface area contributed by atoms with Gasteiger partial charge in [-0.05, 0) is 48.0 Å². The summed E-state index contributed by atoms with van der Waals surface area (Å²) in [5.41, 5.74) is 2.44. The summed E-state index contributed by atoms with van der Waals surface area (Å²) in [6, 6.07) is 21.9. The Morgan fingerprint density at radius 3 is 2.36 bits per heavy atom. The van der Waals surface area contributed by atoms with Gasteiger partial charge in [-0.1, -0.05) is 54.6 Å². The van der Waals surface area contributed by atoms with E-state index in [-0.39, 0.29) is 11.9 Å². The molecule has 3 rings (SSSR count). The van der Waals surface area contributed by atoms with Gasteiger partial charge in [0, 0.05) is 12.6 Å². The molecule has 0 saturated carbocycles. The Kier molecular flexibility index (Phi) is 4.21. The second-order valence-electron chi connectivity index (χ2n) is 5.79. The Morgan fingerprint density at radius 2 is 1.59 bits per heavy atom. The molecule has 0 saturated heterocycles. The molecule has 112 valence electrons.